The lowest BCUT2D eigenvalue weighted by Gasteiger charge is -2.19. The van der Waals surface area contributed by atoms with E-state index in [-0.39, 0.29) is 10.5 Å². The van der Waals surface area contributed by atoms with Gasteiger partial charge in [0.2, 0.25) is 0 Å². The first-order valence-corrected chi connectivity index (χ1v) is 7.94. The number of nitrogens with one attached hydrogen (secondary N) is 1. The molecule has 2 atom stereocenters. The minimum absolute atomic E-state index is 0.220. The zero-order chi connectivity index (χ0) is 14.2. The van der Waals surface area contributed by atoms with Crippen molar-refractivity contribution in [2.24, 2.45) is 0 Å². The molecule has 1 aliphatic rings. The van der Waals surface area contributed by atoms with Crippen LogP contribution in [0.2, 0.25) is 0 Å². The Kier molecular flexibility index (Phi) is 3.92. The van der Waals surface area contributed by atoms with Crippen molar-refractivity contribution in [2.45, 2.75) is 42.9 Å². The lowest BCUT2D eigenvalue weighted by atomic mass is 10.0. The van der Waals surface area contributed by atoms with Crippen molar-refractivity contribution in [1.29, 1.82) is 0 Å². The molecule has 0 radical (unpaired) electrons. The van der Waals surface area contributed by atoms with Gasteiger partial charge in [-0.1, -0.05) is 20.3 Å². The molecule has 2 rings (SSSR count). The smallest absolute Gasteiger partial charge is 0.186 e. The summed E-state index contributed by atoms with van der Waals surface area (Å²) in [5.41, 5.74) is 0.220. The van der Waals surface area contributed by atoms with Crippen molar-refractivity contribution in [3.8, 4) is 0 Å². The zero-order valence-electron chi connectivity index (χ0n) is 10.9. The lowest BCUT2D eigenvalue weighted by Crippen LogP contribution is -2.31. The second-order valence-corrected chi connectivity index (χ2v) is 6.82. The van der Waals surface area contributed by atoms with Crippen LogP contribution >= 0.6 is 0 Å². The summed E-state index contributed by atoms with van der Waals surface area (Å²) in [6.45, 7) is 4.25. The third kappa shape index (κ3) is 2.27. The van der Waals surface area contributed by atoms with E-state index in [0.29, 0.717) is 25.5 Å². The predicted octanol–water partition coefficient (Wildman–Crippen LogP) is 2.57. The number of benzene rings is 1. The Balaban J connectivity index is 2.64. The average Bonchev–Trinajstić information content (AvgIpc) is 2.50. The van der Waals surface area contributed by atoms with Crippen LogP contribution in [0.15, 0.2) is 17.0 Å². The molecule has 0 aliphatic carbocycles. The van der Waals surface area contributed by atoms with Gasteiger partial charge in [-0.3, -0.25) is 0 Å². The fourth-order valence-electron chi connectivity index (χ4n) is 2.71. The van der Waals surface area contributed by atoms with Gasteiger partial charge in [0.15, 0.2) is 9.84 Å². The fraction of sp³-hybridized carbons (Fsp3) is 0.538. The molecule has 3 nitrogen and oxygen atoms in total. The number of rotatable bonds is 4. The molecule has 0 spiro atoms. The Hall–Kier alpha value is -1.01. The molecule has 0 amide bonds. The van der Waals surface area contributed by atoms with E-state index in [1.54, 1.807) is 0 Å². The summed E-state index contributed by atoms with van der Waals surface area (Å²) in [6.07, 6.45) is 1.10. The SMILES string of the molecule is CCCC1C(NCC)c2cc(F)cc(F)c2S1(=O)=O. The molecule has 1 aromatic carbocycles. The van der Waals surface area contributed by atoms with E-state index in [4.69, 9.17) is 0 Å². The summed E-state index contributed by atoms with van der Waals surface area (Å²) in [6, 6.07) is 1.22. The molecule has 0 saturated heterocycles. The molecule has 1 aromatic rings. The Morgan fingerprint density at radius 1 is 1.26 bits per heavy atom. The van der Waals surface area contributed by atoms with Crippen LogP contribution in [0.25, 0.3) is 0 Å². The minimum Gasteiger partial charge on any atom is -0.309 e. The summed E-state index contributed by atoms with van der Waals surface area (Å²) in [5, 5.41) is 2.31. The van der Waals surface area contributed by atoms with E-state index in [0.717, 1.165) is 6.07 Å². The molecule has 0 fully saturated rings. The normalized spacial score (nSPS) is 24.4. The van der Waals surface area contributed by atoms with Gasteiger partial charge in [0.1, 0.15) is 16.5 Å². The highest BCUT2D eigenvalue weighted by Gasteiger charge is 2.46. The molecule has 19 heavy (non-hydrogen) atoms. The highest BCUT2D eigenvalue weighted by atomic mass is 32.2. The van der Waals surface area contributed by atoms with E-state index in [1.807, 2.05) is 13.8 Å². The fourth-order valence-corrected chi connectivity index (χ4v) is 5.00. The van der Waals surface area contributed by atoms with Gasteiger partial charge in [-0.2, -0.15) is 0 Å². The molecule has 0 saturated carbocycles. The Morgan fingerprint density at radius 3 is 2.53 bits per heavy atom. The molecular weight excluding hydrogens is 272 g/mol. The molecule has 0 bridgehead atoms. The van der Waals surface area contributed by atoms with Crippen LogP contribution in [0, 0.1) is 11.6 Å². The van der Waals surface area contributed by atoms with Crippen molar-refractivity contribution in [3.63, 3.8) is 0 Å². The zero-order valence-corrected chi connectivity index (χ0v) is 11.7. The number of hydrogen-bond donors (Lipinski definition) is 1. The predicted molar refractivity (Wildman–Crippen MR) is 68.7 cm³/mol. The van der Waals surface area contributed by atoms with Crippen LogP contribution in [0.5, 0.6) is 0 Å². The van der Waals surface area contributed by atoms with E-state index < -0.39 is 32.8 Å². The molecule has 1 N–H and O–H groups in total. The quantitative estimate of drug-likeness (QED) is 0.867. The van der Waals surface area contributed by atoms with E-state index in [2.05, 4.69) is 5.32 Å². The van der Waals surface area contributed by atoms with Gasteiger partial charge < -0.3 is 5.32 Å². The lowest BCUT2D eigenvalue weighted by molar-refractivity contribution is 0.488. The average molecular weight is 289 g/mol. The highest BCUT2D eigenvalue weighted by molar-refractivity contribution is 7.92. The van der Waals surface area contributed by atoms with Gasteiger partial charge in [-0.05, 0) is 24.6 Å². The van der Waals surface area contributed by atoms with Crippen LogP contribution in [-0.2, 0) is 9.84 Å². The second-order valence-electron chi connectivity index (χ2n) is 4.71. The van der Waals surface area contributed by atoms with Crippen LogP contribution < -0.4 is 5.32 Å². The van der Waals surface area contributed by atoms with Gasteiger partial charge in [0.25, 0.3) is 0 Å². The standard InChI is InChI=1S/C13H17F2NO2S/c1-3-5-11-12(16-4-2)9-6-8(14)7-10(15)13(9)19(11,17)18/h6-7,11-12,16H,3-5H2,1-2H3. The van der Waals surface area contributed by atoms with Crippen molar-refractivity contribution in [1.82, 2.24) is 5.32 Å². The van der Waals surface area contributed by atoms with Crippen LogP contribution in [0.4, 0.5) is 8.78 Å². The summed E-state index contributed by atoms with van der Waals surface area (Å²) >= 11 is 0. The topological polar surface area (TPSA) is 46.2 Å². The first-order chi connectivity index (χ1) is 8.93. The molecular formula is C13H17F2NO2S. The number of fused-ring (bicyclic) bond motifs is 1. The van der Waals surface area contributed by atoms with Crippen molar-refractivity contribution >= 4 is 9.84 Å². The maximum atomic E-state index is 13.8. The molecule has 1 aliphatic heterocycles. The maximum Gasteiger partial charge on any atom is 0.186 e. The molecule has 2 unspecified atom stereocenters. The van der Waals surface area contributed by atoms with Gasteiger partial charge in [0.05, 0.1) is 11.3 Å². The monoisotopic (exact) mass is 289 g/mol. The molecule has 106 valence electrons. The molecule has 6 heteroatoms. The van der Waals surface area contributed by atoms with Crippen molar-refractivity contribution in [2.75, 3.05) is 6.54 Å². The first kappa shape index (κ1) is 14.4. The van der Waals surface area contributed by atoms with Crippen LogP contribution in [0.3, 0.4) is 0 Å². The third-order valence-corrected chi connectivity index (χ3v) is 5.73. The summed E-state index contributed by atoms with van der Waals surface area (Å²) < 4.78 is 51.9. The Bertz CT molecular complexity index is 587. The van der Waals surface area contributed by atoms with Gasteiger partial charge in [-0.15, -0.1) is 0 Å². The van der Waals surface area contributed by atoms with Crippen molar-refractivity contribution < 1.29 is 17.2 Å². The van der Waals surface area contributed by atoms with Gasteiger partial charge >= 0.3 is 0 Å². The minimum atomic E-state index is -3.73. The maximum absolute atomic E-state index is 13.8. The van der Waals surface area contributed by atoms with E-state index in [1.165, 1.54) is 0 Å². The number of hydrogen-bond acceptors (Lipinski definition) is 3. The van der Waals surface area contributed by atoms with Gasteiger partial charge in [0, 0.05) is 6.07 Å². The van der Waals surface area contributed by atoms with E-state index in [9.17, 15) is 17.2 Å². The summed E-state index contributed by atoms with van der Waals surface area (Å²) in [5.74, 6) is -1.73. The van der Waals surface area contributed by atoms with Crippen molar-refractivity contribution in [3.05, 3.63) is 29.3 Å². The summed E-state index contributed by atoms with van der Waals surface area (Å²) in [7, 11) is -3.73. The van der Waals surface area contributed by atoms with Crippen LogP contribution in [-0.4, -0.2) is 20.2 Å². The van der Waals surface area contributed by atoms with Gasteiger partial charge in [-0.25, -0.2) is 17.2 Å². The second kappa shape index (κ2) is 5.17. The Labute approximate surface area is 111 Å². The first-order valence-electron chi connectivity index (χ1n) is 6.39. The Morgan fingerprint density at radius 2 is 1.95 bits per heavy atom. The van der Waals surface area contributed by atoms with Crippen LogP contribution in [0.1, 0.15) is 38.3 Å². The third-order valence-electron chi connectivity index (χ3n) is 3.42. The largest absolute Gasteiger partial charge is 0.309 e. The molecule has 1 heterocycles. The molecule has 0 aromatic heterocycles. The van der Waals surface area contributed by atoms with E-state index >= 15 is 0 Å². The summed E-state index contributed by atoms with van der Waals surface area (Å²) in [4.78, 5) is -0.335. The highest BCUT2D eigenvalue weighted by Crippen LogP contribution is 2.42. The number of sulfone groups is 1. The number of halogens is 2.